The monoisotopic (exact) mass is 720 g/mol. The summed E-state index contributed by atoms with van der Waals surface area (Å²) in [4.78, 5) is 64.6. The number of allylic oxidation sites excluding steroid dienone is 1. The van der Waals surface area contributed by atoms with Crippen LogP contribution in [0.15, 0.2) is 65.5 Å². The van der Waals surface area contributed by atoms with Crippen LogP contribution in [-0.2, 0) is 23.9 Å². The predicted octanol–water partition coefficient (Wildman–Crippen LogP) is 7.56. The Labute approximate surface area is 308 Å². The summed E-state index contributed by atoms with van der Waals surface area (Å²) in [5, 5.41) is 8.09. The maximum absolute atomic E-state index is 12.9. The molecule has 11 heteroatoms. The molecule has 3 amide bonds. The highest BCUT2D eigenvalue weighted by Crippen LogP contribution is 2.23. The second kappa shape index (κ2) is 21.6. The van der Waals surface area contributed by atoms with Crippen molar-refractivity contribution in [3.05, 3.63) is 71.0 Å². The fourth-order valence-electron chi connectivity index (χ4n) is 5.90. The molecule has 0 saturated carbocycles. The molecule has 52 heavy (non-hydrogen) atoms. The van der Waals surface area contributed by atoms with Gasteiger partial charge in [-0.15, -0.1) is 0 Å². The molecule has 0 spiro atoms. The molecule has 0 aliphatic carbocycles. The smallest absolute Gasteiger partial charge is 0.407 e. The van der Waals surface area contributed by atoms with Crippen molar-refractivity contribution in [1.29, 1.82) is 0 Å². The number of hydrogen-bond acceptors (Lipinski definition) is 7. The topological polar surface area (TPSA) is 147 Å². The minimum Gasteiger partial charge on any atom is -0.464 e. The summed E-state index contributed by atoms with van der Waals surface area (Å²) >= 11 is 0. The molecule has 2 aromatic carbocycles. The van der Waals surface area contributed by atoms with E-state index in [2.05, 4.69) is 21.7 Å². The number of para-hydroxylation sites is 1. The maximum atomic E-state index is 12.9. The second-order valence-electron chi connectivity index (χ2n) is 13.7. The summed E-state index contributed by atoms with van der Waals surface area (Å²) in [7, 11) is 1.54. The van der Waals surface area contributed by atoms with Crippen molar-refractivity contribution >= 4 is 45.6 Å². The molecule has 11 nitrogen and oxygen atoms in total. The minimum atomic E-state index is -1.11. The molecule has 0 radical (unpaired) electrons. The molecule has 1 saturated heterocycles. The number of H-pyrrole nitrogens is 1. The molecular formula is C41H60N4O7. The fraction of sp³-hybridized carbons (Fsp3) is 0.537. The van der Waals surface area contributed by atoms with Crippen molar-refractivity contribution in [2.45, 2.75) is 123 Å². The molecule has 2 aliphatic rings. The lowest BCUT2D eigenvalue weighted by Crippen LogP contribution is -2.57. The third kappa shape index (κ3) is 13.5. The van der Waals surface area contributed by atoms with Crippen LogP contribution in [0.1, 0.15) is 106 Å². The van der Waals surface area contributed by atoms with E-state index in [9.17, 15) is 24.0 Å². The van der Waals surface area contributed by atoms with Crippen molar-refractivity contribution in [2.75, 3.05) is 20.2 Å². The third-order valence-electron chi connectivity index (χ3n) is 8.45. The Morgan fingerprint density at radius 3 is 2.17 bits per heavy atom. The summed E-state index contributed by atoms with van der Waals surface area (Å²) in [6, 6.07) is 15.0. The van der Waals surface area contributed by atoms with Crippen LogP contribution in [0, 0.1) is 0 Å². The van der Waals surface area contributed by atoms with Gasteiger partial charge in [-0.05, 0) is 90.7 Å². The van der Waals surface area contributed by atoms with Gasteiger partial charge in [0.1, 0.15) is 17.2 Å². The molecule has 1 fully saturated rings. The Kier molecular flexibility index (Phi) is 18.1. The number of carbonyl (C=O) groups excluding carboxylic acids is 4. The van der Waals surface area contributed by atoms with Crippen LogP contribution >= 0.6 is 0 Å². The average molecular weight is 721 g/mol. The second-order valence-corrected chi connectivity index (χ2v) is 13.7. The molecule has 3 aromatic rings. The molecule has 3 heterocycles. The average Bonchev–Trinajstić information content (AvgIpc) is 3.62. The summed E-state index contributed by atoms with van der Waals surface area (Å²) in [6.07, 6.45) is 11.0. The van der Waals surface area contributed by atoms with Crippen molar-refractivity contribution in [2.24, 2.45) is 0 Å². The van der Waals surface area contributed by atoms with Crippen molar-refractivity contribution in [1.82, 2.24) is 20.5 Å². The number of esters is 1. The number of rotatable bonds is 2. The third-order valence-corrected chi connectivity index (χ3v) is 8.45. The molecule has 0 bridgehead atoms. The zero-order chi connectivity index (χ0) is 38.7. The summed E-state index contributed by atoms with van der Waals surface area (Å²) in [6.45, 7) is 13.8. The molecule has 5 rings (SSSR count). The molecule has 2 atom stereocenters. The van der Waals surface area contributed by atoms with Gasteiger partial charge in [0, 0.05) is 36.3 Å². The summed E-state index contributed by atoms with van der Waals surface area (Å²) in [5.41, 5.74) is -0.633. The highest BCUT2D eigenvalue weighted by molar-refractivity contribution is 6.05. The van der Waals surface area contributed by atoms with Gasteiger partial charge in [-0.1, -0.05) is 75.2 Å². The van der Waals surface area contributed by atoms with Gasteiger partial charge >= 0.3 is 12.1 Å². The zero-order valence-electron chi connectivity index (χ0n) is 32.4. The number of fused-ring (bicyclic) bond motifs is 4. The first-order chi connectivity index (χ1) is 24.8. The van der Waals surface area contributed by atoms with Gasteiger partial charge in [0.2, 0.25) is 11.8 Å². The number of nitrogens with zero attached hydrogens (tertiary/aromatic N) is 1. The van der Waals surface area contributed by atoms with Crippen molar-refractivity contribution < 1.29 is 28.7 Å². The number of aromatic amines is 1. The van der Waals surface area contributed by atoms with E-state index in [1.165, 1.54) is 7.05 Å². The van der Waals surface area contributed by atoms with E-state index in [-0.39, 0.29) is 35.7 Å². The number of alkyl carbamates (subject to hydrolysis) is 1. The number of amides is 3. The van der Waals surface area contributed by atoms with Gasteiger partial charge < -0.3 is 30.0 Å². The minimum absolute atomic E-state index is 0.0238. The van der Waals surface area contributed by atoms with Crippen LogP contribution in [0.25, 0.3) is 21.7 Å². The Bertz CT molecular complexity index is 1690. The highest BCUT2D eigenvalue weighted by atomic mass is 16.6. The molecular weight excluding hydrogens is 660 g/mol. The maximum Gasteiger partial charge on any atom is 0.407 e. The van der Waals surface area contributed by atoms with Crippen LogP contribution in [0.4, 0.5) is 4.79 Å². The lowest BCUT2D eigenvalue weighted by molar-refractivity contribution is -0.153. The van der Waals surface area contributed by atoms with Crippen molar-refractivity contribution in [3.63, 3.8) is 0 Å². The molecule has 1 aromatic heterocycles. The van der Waals surface area contributed by atoms with Crippen LogP contribution < -0.4 is 16.2 Å². The normalized spacial score (nSPS) is 20.1. The number of pyridine rings is 1. The lowest BCUT2D eigenvalue weighted by atomic mass is 9.96. The Balaban J connectivity index is 0.000000301. The Hall–Kier alpha value is -4.67. The van der Waals surface area contributed by atoms with E-state index >= 15 is 0 Å². The molecule has 1 unspecified atom stereocenters. The van der Waals surface area contributed by atoms with E-state index in [0.717, 1.165) is 60.2 Å². The van der Waals surface area contributed by atoms with E-state index in [0.29, 0.717) is 25.8 Å². The molecule has 3 N–H and O–H groups in total. The van der Waals surface area contributed by atoms with Crippen LogP contribution in [0.5, 0.6) is 0 Å². The van der Waals surface area contributed by atoms with E-state index in [1.54, 1.807) is 18.7 Å². The Morgan fingerprint density at radius 1 is 0.904 bits per heavy atom. The first kappa shape index (κ1) is 43.5. The summed E-state index contributed by atoms with van der Waals surface area (Å²) in [5.74, 6) is -0.638. The lowest BCUT2D eigenvalue weighted by Gasteiger charge is -2.31. The zero-order valence-corrected chi connectivity index (χ0v) is 32.4. The first-order valence-electron chi connectivity index (χ1n) is 18.6. The quantitative estimate of drug-likeness (QED) is 0.141. The Morgan fingerprint density at radius 2 is 1.54 bits per heavy atom. The van der Waals surface area contributed by atoms with Crippen LogP contribution in [0.3, 0.4) is 0 Å². The number of nitrogens with one attached hydrogen (secondary N) is 3. The van der Waals surface area contributed by atoms with E-state index in [4.69, 9.17) is 9.47 Å². The van der Waals surface area contributed by atoms with E-state index in [1.807, 2.05) is 89.2 Å². The largest absolute Gasteiger partial charge is 0.464 e. The standard InChI is InChI=1S/C20H32N2O4.C13H9NO.C6H13NO2.C2H6/c1-3-26-19(25)20(2)14-10-8-6-4-5-7-9-13-17(23)22-15-11-12-16(22)18(24)21-20;15-13-11-7-2-1-5-9(11)10-6-3-4-8-12(10)14-13;1-6(2,3)9-5(8)7-4;1-2/h8,10,16H,3-7,9,11-15H2,1-2H3,(H,21,24);1-8H,(H,14,15);1-4H3,(H,7,8);1-2H3/b10-8-;;;/t16?,20-;;;/m1.../s1. The van der Waals surface area contributed by atoms with Gasteiger partial charge in [-0.2, -0.15) is 0 Å². The number of carbonyl (C=O) groups is 4. The number of hydrogen-bond donors (Lipinski definition) is 3. The fourth-order valence-corrected chi connectivity index (χ4v) is 5.90. The predicted molar refractivity (Wildman–Crippen MR) is 208 cm³/mol. The van der Waals surface area contributed by atoms with Gasteiger partial charge in [0.15, 0.2) is 0 Å². The van der Waals surface area contributed by atoms with Gasteiger partial charge in [-0.3, -0.25) is 14.4 Å². The highest BCUT2D eigenvalue weighted by Gasteiger charge is 2.40. The molecule has 2 aliphatic heterocycles. The SMILES string of the molecule is CC.CCOC(=O)[C@@]1(C)C/C=C\CCCCCCC(=O)N2CCCC2C(=O)N1.CNC(=O)OC(C)(C)C.O=c1[nH]c2ccccc2c2ccccc12. The van der Waals surface area contributed by atoms with Gasteiger partial charge in [0.05, 0.1) is 6.61 Å². The number of aromatic nitrogens is 1. The summed E-state index contributed by atoms with van der Waals surface area (Å²) < 4.78 is 10.0. The first-order valence-corrected chi connectivity index (χ1v) is 18.6. The number of benzene rings is 2. The van der Waals surface area contributed by atoms with Crippen molar-refractivity contribution in [3.8, 4) is 0 Å². The van der Waals surface area contributed by atoms with Gasteiger partial charge in [0.25, 0.3) is 5.56 Å². The van der Waals surface area contributed by atoms with E-state index < -0.39 is 17.6 Å². The van der Waals surface area contributed by atoms with Crippen LogP contribution in [0.2, 0.25) is 0 Å². The van der Waals surface area contributed by atoms with Gasteiger partial charge in [-0.25, -0.2) is 9.59 Å². The van der Waals surface area contributed by atoms with Crippen LogP contribution in [-0.4, -0.2) is 71.1 Å². The molecule has 286 valence electrons. The number of ether oxygens (including phenoxy) is 2.